The van der Waals surface area contributed by atoms with Crippen LogP contribution >= 0.6 is 0 Å². The Morgan fingerprint density at radius 3 is 2.12 bits per heavy atom. The minimum atomic E-state index is -4.13. The van der Waals surface area contributed by atoms with E-state index in [9.17, 15) is 23.3 Å². The van der Waals surface area contributed by atoms with E-state index in [0.717, 1.165) is 24.3 Å². The second-order valence-corrected chi connectivity index (χ2v) is 7.06. The average molecular weight is 364 g/mol. The Morgan fingerprint density at radius 2 is 1.64 bits per heavy atom. The normalized spacial score (nSPS) is 11.2. The van der Waals surface area contributed by atoms with E-state index in [0.29, 0.717) is 5.75 Å². The molecule has 1 N–H and O–H groups in total. The molecule has 9 heteroatoms. The largest absolute Gasteiger partial charge is 0.491 e. The summed E-state index contributed by atoms with van der Waals surface area (Å²) in [6.45, 7) is 3.72. The molecule has 2 aromatic rings. The molecule has 0 aliphatic carbocycles. The molecule has 8 nitrogen and oxygen atoms in total. The molecule has 0 aliphatic rings. The zero-order valence-electron chi connectivity index (χ0n) is 13.5. The molecule has 132 valence electrons. The zero-order chi connectivity index (χ0) is 18.6. The minimum Gasteiger partial charge on any atom is -0.491 e. The first kappa shape index (κ1) is 18.4. The van der Waals surface area contributed by atoms with Gasteiger partial charge in [-0.05, 0) is 50.2 Å². The van der Waals surface area contributed by atoms with Gasteiger partial charge in [0.25, 0.3) is 21.6 Å². The third-order valence-electron chi connectivity index (χ3n) is 3.07. The summed E-state index contributed by atoms with van der Waals surface area (Å²) in [5.74, 6) is -0.251. The molecule has 0 atom stereocenters. The predicted molar refractivity (Wildman–Crippen MR) is 90.0 cm³/mol. The van der Waals surface area contributed by atoms with Crippen molar-refractivity contribution in [3.8, 4) is 5.75 Å². The molecule has 2 aromatic carbocycles. The van der Waals surface area contributed by atoms with Crippen LogP contribution in [0.25, 0.3) is 0 Å². The number of nitro benzene ring substituents is 1. The van der Waals surface area contributed by atoms with Gasteiger partial charge < -0.3 is 4.74 Å². The summed E-state index contributed by atoms with van der Waals surface area (Å²) in [6, 6.07) is 10.2. The summed E-state index contributed by atoms with van der Waals surface area (Å²) in [7, 11) is -4.13. The molecule has 1 amide bonds. The third kappa shape index (κ3) is 4.77. The van der Waals surface area contributed by atoms with Crippen molar-refractivity contribution >= 4 is 21.6 Å². The lowest BCUT2D eigenvalue weighted by Gasteiger charge is -2.10. The van der Waals surface area contributed by atoms with Crippen molar-refractivity contribution in [2.75, 3.05) is 0 Å². The van der Waals surface area contributed by atoms with Crippen LogP contribution in [0.15, 0.2) is 53.4 Å². The number of non-ortho nitro benzene ring substituents is 1. The summed E-state index contributed by atoms with van der Waals surface area (Å²) in [4.78, 5) is 21.8. The van der Waals surface area contributed by atoms with E-state index in [1.165, 1.54) is 12.1 Å². The van der Waals surface area contributed by atoms with Gasteiger partial charge in [-0.3, -0.25) is 14.9 Å². The molecule has 0 aromatic heterocycles. The van der Waals surface area contributed by atoms with Crippen molar-refractivity contribution in [2.24, 2.45) is 0 Å². The minimum absolute atomic E-state index is 0.0257. The summed E-state index contributed by atoms with van der Waals surface area (Å²) < 4.78 is 31.7. The number of amides is 1. The number of nitrogens with one attached hydrogen (secondary N) is 1. The van der Waals surface area contributed by atoms with Crippen molar-refractivity contribution in [3.63, 3.8) is 0 Å². The molecular weight excluding hydrogens is 348 g/mol. The van der Waals surface area contributed by atoms with Gasteiger partial charge in [-0.15, -0.1) is 0 Å². The van der Waals surface area contributed by atoms with Gasteiger partial charge in [0, 0.05) is 17.7 Å². The standard InChI is InChI=1S/C16H16N2O6S/c1-11(2)24-14-7-3-12(4-8-14)16(19)17-25(22,23)15-9-5-13(6-10-15)18(20)21/h3-11H,1-2H3,(H,17,19). The van der Waals surface area contributed by atoms with Crippen molar-refractivity contribution in [3.05, 3.63) is 64.2 Å². The molecule has 0 fully saturated rings. The maximum Gasteiger partial charge on any atom is 0.269 e. The van der Waals surface area contributed by atoms with Crippen molar-refractivity contribution in [1.29, 1.82) is 0 Å². The average Bonchev–Trinajstić information content (AvgIpc) is 2.54. The van der Waals surface area contributed by atoms with Gasteiger partial charge in [0.1, 0.15) is 5.75 Å². The van der Waals surface area contributed by atoms with Crippen molar-refractivity contribution < 1.29 is 22.9 Å². The quantitative estimate of drug-likeness (QED) is 0.622. The van der Waals surface area contributed by atoms with Crippen LogP contribution in [-0.4, -0.2) is 25.4 Å². The Balaban J connectivity index is 2.14. The molecule has 25 heavy (non-hydrogen) atoms. The molecular formula is C16H16N2O6S. The van der Waals surface area contributed by atoms with E-state index < -0.39 is 20.9 Å². The second kappa shape index (κ2) is 7.31. The van der Waals surface area contributed by atoms with Crippen LogP contribution in [0.1, 0.15) is 24.2 Å². The maximum atomic E-state index is 12.2. The van der Waals surface area contributed by atoms with Crippen molar-refractivity contribution in [2.45, 2.75) is 24.8 Å². The first-order chi connectivity index (χ1) is 11.7. The Labute approximate surface area is 144 Å². The Morgan fingerprint density at radius 1 is 1.08 bits per heavy atom. The molecule has 2 rings (SSSR count). The van der Waals surface area contributed by atoms with Gasteiger partial charge >= 0.3 is 0 Å². The van der Waals surface area contributed by atoms with Crippen LogP contribution in [0, 0.1) is 10.1 Å². The van der Waals surface area contributed by atoms with Crippen molar-refractivity contribution in [1.82, 2.24) is 4.72 Å². The van der Waals surface area contributed by atoms with E-state index in [-0.39, 0.29) is 22.3 Å². The topological polar surface area (TPSA) is 116 Å². The fourth-order valence-electron chi connectivity index (χ4n) is 1.94. The lowest BCUT2D eigenvalue weighted by molar-refractivity contribution is -0.384. The Bertz CT molecular complexity index is 874. The van der Waals surface area contributed by atoms with Gasteiger partial charge in [0.05, 0.1) is 15.9 Å². The number of nitro groups is 1. The maximum absolute atomic E-state index is 12.2. The number of hydrogen-bond donors (Lipinski definition) is 1. The first-order valence-electron chi connectivity index (χ1n) is 7.27. The van der Waals surface area contributed by atoms with Crippen LogP contribution in [0.3, 0.4) is 0 Å². The molecule has 0 bridgehead atoms. The van der Waals surface area contributed by atoms with E-state index in [1.807, 2.05) is 18.6 Å². The number of ether oxygens (including phenoxy) is 1. The van der Waals surface area contributed by atoms with E-state index in [2.05, 4.69) is 0 Å². The van der Waals surface area contributed by atoms with Crippen LogP contribution < -0.4 is 9.46 Å². The highest BCUT2D eigenvalue weighted by atomic mass is 32.2. The second-order valence-electron chi connectivity index (χ2n) is 5.38. The molecule has 0 radical (unpaired) electrons. The summed E-state index contributed by atoms with van der Waals surface area (Å²) >= 11 is 0. The lowest BCUT2D eigenvalue weighted by Crippen LogP contribution is -2.30. The lowest BCUT2D eigenvalue weighted by atomic mass is 10.2. The summed E-state index contributed by atoms with van der Waals surface area (Å²) in [5, 5.41) is 10.6. The Kier molecular flexibility index (Phi) is 5.38. The summed E-state index contributed by atoms with van der Waals surface area (Å²) in [5.41, 5.74) is -0.104. The third-order valence-corrected chi connectivity index (χ3v) is 4.42. The summed E-state index contributed by atoms with van der Waals surface area (Å²) in [6.07, 6.45) is -0.0257. The predicted octanol–water partition coefficient (Wildman–Crippen LogP) is 2.50. The monoisotopic (exact) mass is 364 g/mol. The van der Waals surface area contributed by atoms with Gasteiger partial charge in [-0.2, -0.15) is 0 Å². The number of carbonyl (C=O) groups is 1. The van der Waals surface area contributed by atoms with Crippen LogP contribution in [-0.2, 0) is 10.0 Å². The zero-order valence-corrected chi connectivity index (χ0v) is 14.3. The van der Waals surface area contributed by atoms with E-state index >= 15 is 0 Å². The highest BCUT2D eigenvalue weighted by Crippen LogP contribution is 2.17. The van der Waals surface area contributed by atoms with Gasteiger partial charge in [0.15, 0.2) is 0 Å². The number of rotatable bonds is 6. The number of benzene rings is 2. The van der Waals surface area contributed by atoms with Gasteiger partial charge in [-0.25, -0.2) is 13.1 Å². The number of sulfonamides is 1. The molecule has 0 spiro atoms. The van der Waals surface area contributed by atoms with Gasteiger partial charge in [0.2, 0.25) is 0 Å². The SMILES string of the molecule is CC(C)Oc1ccc(C(=O)NS(=O)(=O)c2ccc([N+](=O)[O-])cc2)cc1. The van der Waals surface area contributed by atoms with Crippen LogP contribution in [0.5, 0.6) is 5.75 Å². The number of carbonyl (C=O) groups excluding carboxylic acids is 1. The number of nitrogens with zero attached hydrogens (tertiary/aromatic N) is 1. The molecule has 0 saturated heterocycles. The molecule has 0 heterocycles. The highest BCUT2D eigenvalue weighted by molar-refractivity contribution is 7.90. The Hall–Kier alpha value is -2.94. The fourth-order valence-corrected chi connectivity index (χ4v) is 2.92. The highest BCUT2D eigenvalue weighted by Gasteiger charge is 2.19. The molecule has 0 aliphatic heterocycles. The van der Waals surface area contributed by atoms with Gasteiger partial charge in [-0.1, -0.05) is 0 Å². The van der Waals surface area contributed by atoms with E-state index in [4.69, 9.17) is 4.74 Å². The fraction of sp³-hybridized carbons (Fsp3) is 0.188. The van der Waals surface area contributed by atoms with Crippen LogP contribution in [0.2, 0.25) is 0 Å². The smallest absolute Gasteiger partial charge is 0.269 e. The van der Waals surface area contributed by atoms with Crippen LogP contribution in [0.4, 0.5) is 5.69 Å². The number of hydrogen-bond acceptors (Lipinski definition) is 6. The molecule has 0 saturated carbocycles. The molecule has 0 unspecified atom stereocenters. The first-order valence-corrected chi connectivity index (χ1v) is 8.75. The van der Waals surface area contributed by atoms with E-state index in [1.54, 1.807) is 12.1 Å².